The Kier molecular flexibility index (Phi) is 23.8. The average molecular weight is 690 g/mol. The van der Waals surface area contributed by atoms with E-state index in [0.29, 0.717) is 6.42 Å². The summed E-state index contributed by atoms with van der Waals surface area (Å²) in [6.45, 7) is 4.84. The monoisotopic (exact) mass is 689 g/mol. The van der Waals surface area contributed by atoms with Crippen LogP contribution < -0.4 is 27.0 Å². The summed E-state index contributed by atoms with van der Waals surface area (Å²) in [5.74, 6) is -6.88. The van der Waals surface area contributed by atoms with E-state index in [2.05, 4.69) is 28.2 Å². The van der Waals surface area contributed by atoms with Crippen molar-refractivity contribution in [3.63, 3.8) is 0 Å². The standard InChI is InChI=1S/C31H55N5O10S/c1-4-5-6-7-8-9-10-11-12-13-14-15-25(37)33-20(2)27(39)36-23(31(45)46)16-17-26(38)35-24(19-47-18-22(32)30(43)44)28(40)34-21(3)29(41)42/h20-24H,4-19,32H2,1-3H3,(H,33,37)(H,34,40)(H,35,38)(H,36,39)(H,41,42)(H,43,44)(H,45,46)/t20-,21+,22-,23+,24+/m0/s1. The van der Waals surface area contributed by atoms with Crippen molar-refractivity contribution in [1.82, 2.24) is 21.3 Å². The lowest BCUT2D eigenvalue weighted by atomic mass is 10.1. The number of carbonyl (C=O) groups excluding carboxylic acids is 4. The average Bonchev–Trinajstić information content (AvgIpc) is 3.00. The number of hydrogen-bond acceptors (Lipinski definition) is 9. The third kappa shape index (κ3) is 21.9. The number of hydrogen-bond donors (Lipinski definition) is 8. The zero-order chi connectivity index (χ0) is 35.8. The number of carboxylic acid groups (broad SMARTS) is 3. The van der Waals surface area contributed by atoms with Crippen LogP contribution in [0.1, 0.15) is 111 Å². The Morgan fingerprint density at radius 1 is 0.574 bits per heavy atom. The van der Waals surface area contributed by atoms with Crippen LogP contribution in [0.4, 0.5) is 0 Å². The van der Waals surface area contributed by atoms with Crippen molar-refractivity contribution in [3.05, 3.63) is 0 Å². The lowest BCUT2D eigenvalue weighted by Crippen LogP contribution is -2.53. The summed E-state index contributed by atoms with van der Waals surface area (Å²) in [7, 11) is 0. The summed E-state index contributed by atoms with van der Waals surface area (Å²) in [6, 6.07) is -6.26. The fraction of sp³-hybridized carbons (Fsp3) is 0.774. The Labute approximate surface area is 281 Å². The van der Waals surface area contributed by atoms with Crippen LogP contribution in [-0.4, -0.2) is 98.6 Å². The molecular weight excluding hydrogens is 634 g/mol. The minimum Gasteiger partial charge on any atom is -0.480 e. The smallest absolute Gasteiger partial charge is 0.326 e. The highest BCUT2D eigenvalue weighted by Crippen LogP contribution is 2.12. The van der Waals surface area contributed by atoms with Gasteiger partial charge in [0.25, 0.3) is 0 Å². The molecule has 0 spiro atoms. The predicted octanol–water partition coefficient (Wildman–Crippen LogP) is 1.76. The van der Waals surface area contributed by atoms with Crippen LogP contribution in [-0.2, 0) is 33.6 Å². The summed E-state index contributed by atoms with van der Waals surface area (Å²) in [5, 5.41) is 37.1. The Morgan fingerprint density at radius 2 is 1.11 bits per heavy atom. The van der Waals surface area contributed by atoms with E-state index in [0.717, 1.165) is 31.0 Å². The van der Waals surface area contributed by atoms with Gasteiger partial charge in [-0.25, -0.2) is 4.79 Å². The number of rotatable bonds is 28. The first-order valence-electron chi connectivity index (χ1n) is 16.4. The third-order valence-electron chi connectivity index (χ3n) is 7.33. The molecule has 9 N–H and O–H groups in total. The van der Waals surface area contributed by atoms with E-state index in [-0.39, 0.29) is 30.3 Å². The van der Waals surface area contributed by atoms with Crippen LogP contribution >= 0.6 is 11.8 Å². The molecule has 0 aliphatic rings. The van der Waals surface area contributed by atoms with E-state index in [1.54, 1.807) is 0 Å². The van der Waals surface area contributed by atoms with Crippen molar-refractivity contribution in [3.8, 4) is 0 Å². The van der Waals surface area contributed by atoms with Gasteiger partial charge >= 0.3 is 17.9 Å². The summed E-state index contributed by atoms with van der Waals surface area (Å²) < 4.78 is 0. The number of thioether (sulfide) groups is 1. The van der Waals surface area contributed by atoms with Gasteiger partial charge in [0.1, 0.15) is 30.2 Å². The highest BCUT2D eigenvalue weighted by molar-refractivity contribution is 7.99. The number of unbranched alkanes of at least 4 members (excludes halogenated alkanes) is 10. The maximum atomic E-state index is 12.6. The zero-order valence-corrected chi connectivity index (χ0v) is 28.7. The lowest BCUT2D eigenvalue weighted by Gasteiger charge is -2.21. The molecule has 0 aliphatic heterocycles. The first-order valence-corrected chi connectivity index (χ1v) is 17.6. The molecular formula is C31H55N5O10S. The fourth-order valence-corrected chi connectivity index (χ4v) is 5.37. The molecule has 0 aromatic heterocycles. The number of nitrogens with one attached hydrogen (secondary N) is 4. The summed E-state index contributed by atoms with van der Waals surface area (Å²) in [4.78, 5) is 84.0. The van der Waals surface area contributed by atoms with Gasteiger partial charge in [0.2, 0.25) is 23.6 Å². The number of carbonyl (C=O) groups is 7. The van der Waals surface area contributed by atoms with Gasteiger partial charge in [-0.15, -0.1) is 0 Å². The highest BCUT2D eigenvalue weighted by atomic mass is 32.2. The quantitative estimate of drug-likeness (QED) is 0.0547. The van der Waals surface area contributed by atoms with E-state index in [4.69, 9.17) is 15.9 Å². The molecule has 4 amide bonds. The highest BCUT2D eigenvalue weighted by Gasteiger charge is 2.28. The van der Waals surface area contributed by atoms with Crippen LogP contribution in [0.5, 0.6) is 0 Å². The molecule has 0 aliphatic carbocycles. The van der Waals surface area contributed by atoms with Gasteiger partial charge in [-0.1, -0.05) is 71.1 Å². The molecule has 270 valence electrons. The van der Waals surface area contributed by atoms with Gasteiger partial charge < -0.3 is 42.3 Å². The minimum atomic E-state index is -1.47. The SMILES string of the molecule is CCCCCCCCCCCCCC(=O)N[C@@H](C)C(=O)N[C@H](CCC(=O)N[C@H](CSC[C@H](N)C(=O)O)C(=O)N[C@H](C)C(=O)O)C(=O)O. The van der Waals surface area contributed by atoms with Crippen molar-refractivity contribution < 1.29 is 48.9 Å². The largest absolute Gasteiger partial charge is 0.480 e. The van der Waals surface area contributed by atoms with Crippen LogP contribution in [0.15, 0.2) is 0 Å². The number of amides is 4. The maximum absolute atomic E-state index is 12.6. The van der Waals surface area contributed by atoms with Crippen molar-refractivity contribution in [2.75, 3.05) is 11.5 Å². The first kappa shape index (κ1) is 43.6. The van der Waals surface area contributed by atoms with Crippen LogP contribution in [0.2, 0.25) is 0 Å². The van der Waals surface area contributed by atoms with Crippen LogP contribution in [0.25, 0.3) is 0 Å². The normalized spacial score (nSPS) is 14.1. The van der Waals surface area contributed by atoms with Gasteiger partial charge in [-0.3, -0.25) is 28.8 Å². The van der Waals surface area contributed by atoms with Crippen LogP contribution in [0, 0.1) is 0 Å². The summed E-state index contributed by atoms with van der Waals surface area (Å²) in [6.07, 6.45) is 12.0. The molecule has 0 saturated carbocycles. The lowest BCUT2D eigenvalue weighted by molar-refractivity contribution is -0.142. The van der Waals surface area contributed by atoms with Crippen molar-refractivity contribution in [2.24, 2.45) is 5.73 Å². The van der Waals surface area contributed by atoms with E-state index in [1.807, 2.05) is 0 Å². The van der Waals surface area contributed by atoms with Gasteiger partial charge in [-0.2, -0.15) is 11.8 Å². The Balaban J connectivity index is 4.72. The second kappa shape index (κ2) is 25.7. The molecule has 16 heteroatoms. The molecule has 0 saturated heterocycles. The van der Waals surface area contributed by atoms with E-state index >= 15 is 0 Å². The molecule has 0 aromatic carbocycles. The van der Waals surface area contributed by atoms with Crippen molar-refractivity contribution in [1.29, 1.82) is 0 Å². The van der Waals surface area contributed by atoms with Gasteiger partial charge in [0.05, 0.1) is 0 Å². The predicted molar refractivity (Wildman–Crippen MR) is 178 cm³/mol. The number of carboxylic acids is 3. The number of nitrogens with two attached hydrogens (primary N) is 1. The van der Waals surface area contributed by atoms with Crippen molar-refractivity contribution in [2.45, 2.75) is 141 Å². The molecule has 0 radical (unpaired) electrons. The molecule has 47 heavy (non-hydrogen) atoms. The number of aliphatic carboxylic acids is 3. The Hall–Kier alpha value is -3.40. The second-order valence-corrected chi connectivity index (χ2v) is 12.8. The van der Waals surface area contributed by atoms with Gasteiger partial charge in [0.15, 0.2) is 0 Å². The van der Waals surface area contributed by atoms with E-state index in [9.17, 15) is 38.7 Å². The molecule has 0 rings (SSSR count). The topological polar surface area (TPSA) is 254 Å². The molecule has 0 bridgehead atoms. The van der Waals surface area contributed by atoms with Crippen LogP contribution in [0.3, 0.4) is 0 Å². The first-order chi connectivity index (χ1) is 22.2. The molecule has 0 unspecified atom stereocenters. The van der Waals surface area contributed by atoms with Gasteiger partial charge in [-0.05, 0) is 26.7 Å². The van der Waals surface area contributed by atoms with E-state index < -0.39 is 72.3 Å². The summed E-state index contributed by atoms with van der Waals surface area (Å²) >= 11 is 0.947. The van der Waals surface area contributed by atoms with Crippen molar-refractivity contribution >= 4 is 53.3 Å². The Bertz CT molecular complexity index is 1020. The minimum absolute atomic E-state index is 0.0926. The zero-order valence-electron chi connectivity index (χ0n) is 27.9. The Morgan fingerprint density at radius 3 is 1.62 bits per heavy atom. The van der Waals surface area contributed by atoms with Gasteiger partial charge in [0, 0.05) is 24.3 Å². The maximum Gasteiger partial charge on any atom is 0.326 e. The fourth-order valence-electron chi connectivity index (χ4n) is 4.37. The third-order valence-corrected chi connectivity index (χ3v) is 8.50. The summed E-state index contributed by atoms with van der Waals surface area (Å²) in [5.41, 5.74) is 5.46. The second-order valence-electron chi connectivity index (χ2n) is 11.7. The molecule has 0 fully saturated rings. The molecule has 0 aromatic rings. The molecule has 0 heterocycles. The van der Waals surface area contributed by atoms with E-state index in [1.165, 1.54) is 58.8 Å². The molecule has 5 atom stereocenters. The molecule has 15 nitrogen and oxygen atoms in total.